The molecule has 11 heteroatoms. The van der Waals surface area contributed by atoms with E-state index in [-0.39, 0.29) is 47.5 Å². The maximum atomic E-state index is 11.4. The van der Waals surface area contributed by atoms with Crippen LogP contribution in [0.3, 0.4) is 0 Å². The number of ether oxygens (including phenoxy) is 2. The molecule has 0 heterocycles. The first-order chi connectivity index (χ1) is 22.0. The molecule has 0 saturated heterocycles. The Kier molecular flexibility index (Phi) is 18.0. The maximum absolute atomic E-state index is 11.4. The minimum atomic E-state index is -4.47. The third-order valence-corrected chi connectivity index (χ3v) is 9.03. The van der Waals surface area contributed by atoms with Gasteiger partial charge in [0.25, 0.3) is 0 Å². The van der Waals surface area contributed by atoms with Gasteiger partial charge in [0.05, 0.1) is 9.79 Å². The number of aryl methyl sites for hydroxylation is 2. The minimum absolute atomic E-state index is 0. The van der Waals surface area contributed by atoms with E-state index in [1.54, 1.807) is 12.1 Å². The van der Waals surface area contributed by atoms with Crippen molar-refractivity contribution in [3.8, 4) is 23.0 Å². The molecule has 0 aliphatic heterocycles. The molecule has 0 bridgehead atoms. The second-order valence-electron chi connectivity index (χ2n) is 10.9. The van der Waals surface area contributed by atoms with Gasteiger partial charge in [-0.2, -0.15) is 0 Å². The van der Waals surface area contributed by atoms with Crippen molar-refractivity contribution < 1.29 is 35.4 Å². The molecule has 4 rings (SSSR count). The van der Waals surface area contributed by atoms with Crippen LogP contribution in [-0.4, -0.2) is 63.7 Å². The van der Waals surface area contributed by atoms with Gasteiger partial charge in [-0.25, -0.2) is 16.8 Å². The molecule has 4 aromatic carbocycles. The molecule has 0 radical (unpaired) electrons. The molecule has 0 spiro atoms. The molecule has 0 aliphatic rings. The van der Waals surface area contributed by atoms with Crippen LogP contribution in [0.5, 0.6) is 23.0 Å². The Bertz CT molecular complexity index is 1580. The van der Waals surface area contributed by atoms with Gasteiger partial charge in [-0.05, 0) is 97.5 Å². The van der Waals surface area contributed by atoms with Gasteiger partial charge in [-0.1, -0.05) is 88.8 Å². The van der Waals surface area contributed by atoms with Crippen molar-refractivity contribution in [3.05, 3.63) is 108 Å². The SMILES string of the molecule is CCCCCCc1cc(Oc2ccccc2)ccc1S(=O)(=O)[O-].CCCCCCc1cc(Oc2ccccc2)ccc1S(=O)(=O)[O-].[Ca+2]. The zero-order chi connectivity index (χ0) is 33.4. The Morgan fingerprint density at radius 3 is 1.17 bits per heavy atom. The Morgan fingerprint density at radius 2 is 0.851 bits per heavy atom. The van der Waals surface area contributed by atoms with E-state index in [0.717, 1.165) is 51.4 Å². The van der Waals surface area contributed by atoms with Crippen molar-refractivity contribution >= 4 is 58.0 Å². The minimum Gasteiger partial charge on any atom is -0.744 e. The normalized spacial score (nSPS) is 11.1. The topological polar surface area (TPSA) is 133 Å². The van der Waals surface area contributed by atoms with Crippen molar-refractivity contribution in [2.24, 2.45) is 0 Å². The summed E-state index contributed by atoms with van der Waals surface area (Å²) in [5, 5.41) is 0. The molecule has 4 aromatic rings. The van der Waals surface area contributed by atoms with Crippen molar-refractivity contribution in [2.75, 3.05) is 0 Å². The first kappa shape index (κ1) is 40.7. The van der Waals surface area contributed by atoms with Crippen molar-refractivity contribution in [3.63, 3.8) is 0 Å². The van der Waals surface area contributed by atoms with Crippen LogP contribution in [0.4, 0.5) is 0 Å². The van der Waals surface area contributed by atoms with Crippen LogP contribution in [-0.2, 0) is 33.1 Å². The van der Waals surface area contributed by atoms with E-state index < -0.39 is 20.2 Å². The Labute approximate surface area is 310 Å². The fourth-order valence-corrected chi connectivity index (χ4v) is 6.28. The molecule has 0 N–H and O–H groups in total. The summed E-state index contributed by atoms with van der Waals surface area (Å²) in [7, 11) is -8.94. The van der Waals surface area contributed by atoms with Crippen LogP contribution in [0.15, 0.2) is 107 Å². The molecule has 0 atom stereocenters. The summed E-state index contributed by atoms with van der Waals surface area (Å²) in [5.74, 6) is 2.41. The Balaban J connectivity index is 0.000000320. The van der Waals surface area contributed by atoms with Gasteiger partial charge in [0.15, 0.2) is 0 Å². The first-order valence-corrected chi connectivity index (χ1v) is 18.5. The molecular weight excluding hydrogens is 665 g/mol. The van der Waals surface area contributed by atoms with E-state index in [2.05, 4.69) is 13.8 Å². The predicted molar refractivity (Wildman–Crippen MR) is 183 cm³/mol. The van der Waals surface area contributed by atoms with Crippen molar-refractivity contribution in [1.82, 2.24) is 0 Å². The molecule has 8 nitrogen and oxygen atoms in total. The van der Waals surface area contributed by atoms with E-state index in [1.165, 1.54) is 24.3 Å². The standard InChI is InChI=1S/2C18H22O4S.Ca/c2*1-2-3-4-6-9-15-14-17(12-13-18(15)23(19,20)21)22-16-10-7-5-8-11-16;/h2*5,7-8,10-14H,2-4,6,9H2,1H3,(H,19,20,21);/q;;+2/p-2. The van der Waals surface area contributed by atoms with Crippen LogP contribution < -0.4 is 9.47 Å². The largest absolute Gasteiger partial charge is 2.00 e. The molecule has 0 unspecified atom stereocenters. The Hall–Kier alpha value is -2.44. The summed E-state index contributed by atoms with van der Waals surface area (Å²) in [6.45, 7) is 4.23. The number of para-hydroxylation sites is 2. The average Bonchev–Trinajstić information content (AvgIpc) is 3.02. The molecule has 0 aromatic heterocycles. The van der Waals surface area contributed by atoms with Crippen LogP contribution in [0.1, 0.15) is 76.3 Å². The van der Waals surface area contributed by atoms with Crippen LogP contribution in [0.25, 0.3) is 0 Å². The van der Waals surface area contributed by atoms with Crippen LogP contribution in [0, 0.1) is 0 Å². The van der Waals surface area contributed by atoms with Gasteiger partial charge in [0.1, 0.15) is 43.2 Å². The monoisotopic (exact) mass is 706 g/mol. The fraction of sp³-hybridized carbons (Fsp3) is 0.333. The van der Waals surface area contributed by atoms with E-state index >= 15 is 0 Å². The second-order valence-corrected chi connectivity index (χ2v) is 13.6. The summed E-state index contributed by atoms with van der Waals surface area (Å²) in [5.41, 5.74) is 1.06. The third kappa shape index (κ3) is 14.7. The molecule has 47 heavy (non-hydrogen) atoms. The summed E-state index contributed by atoms with van der Waals surface area (Å²) in [4.78, 5) is -0.288. The van der Waals surface area contributed by atoms with Gasteiger partial charge in [0, 0.05) is 0 Å². The van der Waals surface area contributed by atoms with E-state index in [9.17, 15) is 25.9 Å². The zero-order valence-corrected chi connectivity index (χ0v) is 30.9. The second kappa shape index (κ2) is 20.8. The molecule has 248 valence electrons. The fourth-order valence-electron chi connectivity index (χ4n) is 4.85. The Morgan fingerprint density at radius 1 is 0.489 bits per heavy atom. The molecule has 0 amide bonds. The number of hydrogen-bond acceptors (Lipinski definition) is 8. The van der Waals surface area contributed by atoms with Crippen molar-refractivity contribution in [1.29, 1.82) is 0 Å². The summed E-state index contributed by atoms with van der Waals surface area (Å²) in [6.07, 6.45) is 9.24. The molecule has 0 aliphatic carbocycles. The molecular formula is C36H42CaO8S2. The summed E-state index contributed by atoms with van der Waals surface area (Å²) in [6, 6.07) is 27.5. The third-order valence-electron chi connectivity index (χ3n) is 7.16. The number of hydrogen-bond donors (Lipinski definition) is 0. The maximum Gasteiger partial charge on any atom is 2.00 e. The first-order valence-electron chi connectivity index (χ1n) is 15.6. The summed E-state index contributed by atoms with van der Waals surface area (Å²) >= 11 is 0. The number of benzene rings is 4. The number of unbranched alkanes of at least 4 members (excludes halogenated alkanes) is 6. The molecule has 0 saturated carbocycles. The quantitative estimate of drug-likeness (QED) is 0.0643. The predicted octanol–water partition coefficient (Wildman–Crippen LogP) is 8.63. The van der Waals surface area contributed by atoms with E-state index in [0.29, 0.717) is 47.0 Å². The van der Waals surface area contributed by atoms with E-state index in [4.69, 9.17) is 9.47 Å². The van der Waals surface area contributed by atoms with Crippen molar-refractivity contribution in [2.45, 2.75) is 87.8 Å². The van der Waals surface area contributed by atoms with Crippen LogP contribution in [0.2, 0.25) is 0 Å². The average molecular weight is 707 g/mol. The van der Waals surface area contributed by atoms with E-state index in [1.807, 2.05) is 60.7 Å². The molecule has 0 fully saturated rings. The van der Waals surface area contributed by atoms with Gasteiger partial charge in [-0.3, -0.25) is 0 Å². The summed E-state index contributed by atoms with van der Waals surface area (Å²) < 4.78 is 79.9. The van der Waals surface area contributed by atoms with Gasteiger partial charge in [-0.15, -0.1) is 0 Å². The zero-order valence-electron chi connectivity index (χ0n) is 27.1. The number of rotatable bonds is 16. The smallest absolute Gasteiger partial charge is 0.744 e. The van der Waals surface area contributed by atoms with Gasteiger partial charge >= 0.3 is 37.7 Å². The van der Waals surface area contributed by atoms with Gasteiger partial charge < -0.3 is 18.6 Å². The van der Waals surface area contributed by atoms with Crippen LogP contribution >= 0.6 is 0 Å². The van der Waals surface area contributed by atoms with Gasteiger partial charge in [0.2, 0.25) is 0 Å².